The third kappa shape index (κ3) is 3.57. The number of ether oxygens (including phenoxy) is 2. The van der Waals surface area contributed by atoms with E-state index in [1.165, 1.54) is 12.8 Å². The second-order valence-corrected chi connectivity index (χ2v) is 9.62. The van der Waals surface area contributed by atoms with Gasteiger partial charge in [-0.05, 0) is 50.3 Å². The van der Waals surface area contributed by atoms with Gasteiger partial charge in [0, 0.05) is 31.7 Å². The van der Waals surface area contributed by atoms with E-state index in [-0.39, 0.29) is 0 Å². The number of fused-ring (bicyclic) bond motifs is 1. The van der Waals surface area contributed by atoms with E-state index in [0.717, 1.165) is 31.8 Å². The number of hydrogen-bond acceptors (Lipinski definition) is 5. The molecule has 3 heterocycles. The van der Waals surface area contributed by atoms with Crippen LogP contribution in [0.5, 0.6) is 11.5 Å². The van der Waals surface area contributed by atoms with Crippen LogP contribution in [0.25, 0.3) is 0 Å². The van der Waals surface area contributed by atoms with E-state index in [4.69, 9.17) is 9.47 Å². The van der Waals surface area contributed by atoms with Crippen molar-refractivity contribution in [2.75, 3.05) is 39.4 Å². The van der Waals surface area contributed by atoms with Gasteiger partial charge < -0.3 is 14.4 Å². The summed E-state index contributed by atoms with van der Waals surface area (Å²) in [7, 11) is -3.48. The molecular formula is C19H28N2O4S. The molecule has 0 aromatic heterocycles. The summed E-state index contributed by atoms with van der Waals surface area (Å²) in [6.07, 6.45) is 4.40. The van der Waals surface area contributed by atoms with E-state index < -0.39 is 10.0 Å². The molecule has 1 aromatic rings. The predicted molar refractivity (Wildman–Crippen MR) is 99.2 cm³/mol. The largest absolute Gasteiger partial charge is 0.486 e. The van der Waals surface area contributed by atoms with E-state index in [1.807, 2.05) is 0 Å². The maximum atomic E-state index is 13.0. The van der Waals surface area contributed by atoms with Crippen LogP contribution >= 0.6 is 0 Å². The Hall–Kier alpha value is -1.31. The average Bonchev–Trinajstić information content (AvgIpc) is 2.67. The van der Waals surface area contributed by atoms with E-state index in [0.29, 0.717) is 48.7 Å². The maximum absolute atomic E-state index is 13.0. The number of piperidine rings is 2. The molecule has 4 rings (SSSR count). The van der Waals surface area contributed by atoms with Gasteiger partial charge in [0.1, 0.15) is 13.2 Å². The fraction of sp³-hybridized carbons (Fsp3) is 0.684. The number of rotatable bonds is 3. The van der Waals surface area contributed by atoms with E-state index in [9.17, 15) is 8.42 Å². The molecule has 2 fully saturated rings. The Kier molecular flexibility index (Phi) is 5.12. The van der Waals surface area contributed by atoms with Crippen LogP contribution in [0.15, 0.2) is 23.1 Å². The second-order valence-electron chi connectivity index (χ2n) is 7.68. The van der Waals surface area contributed by atoms with Gasteiger partial charge in [-0.25, -0.2) is 8.42 Å². The van der Waals surface area contributed by atoms with Gasteiger partial charge in [0.2, 0.25) is 10.0 Å². The summed E-state index contributed by atoms with van der Waals surface area (Å²) in [4.78, 5) is 2.87. The highest BCUT2D eigenvalue weighted by Gasteiger charge is 2.33. The van der Waals surface area contributed by atoms with Crippen molar-refractivity contribution in [3.05, 3.63) is 18.2 Å². The first-order valence-electron chi connectivity index (χ1n) is 9.68. The fourth-order valence-electron chi connectivity index (χ4n) is 4.34. The Morgan fingerprint density at radius 2 is 1.73 bits per heavy atom. The van der Waals surface area contributed by atoms with Crippen molar-refractivity contribution in [3.8, 4) is 11.5 Å². The molecule has 0 aliphatic carbocycles. The van der Waals surface area contributed by atoms with Crippen molar-refractivity contribution in [1.82, 2.24) is 9.21 Å². The average molecular weight is 381 g/mol. The van der Waals surface area contributed by atoms with Crippen molar-refractivity contribution in [2.24, 2.45) is 5.92 Å². The van der Waals surface area contributed by atoms with Gasteiger partial charge in [0.05, 0.1) is 4.90 Å². The summed E-state index contributed by atoms with van der Waals surface area (Å²) in [5.41, 5.74) is 0. The lowest BCUT2D eigenvalue weighted by molar-refractivity contribution is 0.0944. The molecule has 6 nitrogen and oxygen atoms in total. The highest BCUT2D eigenvalue weighted by Crippen LogP contribution is 2.34. The summed E-state index contributed by atoms with van der Waals surface area (Å²) in [6, 6.07) is 5.44. The van der Waals surface area contributed by atoms with Crippen LogP contribution in [-0.2, 0) is 10.0 Å². The van der Waals surface area contributed by atoms with Crippen LogP contribution in [0.1, 0.15) is 32.6 Å². The topological polar surface area (TPSA) is 59.1 Å². The zero-order chi connectivity index (χ0) is 18.1. The molecular weight excluding hydrogens is 352 g/mol. The van der Waals surface area contributed by atoms with Crippen LogP contribution in [-0.4, -0.2) is 63.1 Å². The first-order valence-corrected chi connectivity index (χ1v) is 11.1. The first-order chi connectivity index (χ1) is 12.5. The molecule has 1 atom stereocenters. The molecule has 26 heavy (non-hydrogen) atoms. The Labute approximate surface area is 156 Å². The first kappa shape index (κ1) is 18.1. The minimum Gasteiger partial charge on any atom is -0.486 e. The molecule has 144 valence electrons. The summed E-state index contributed by atoms with van der Waals surface area (Å²) in [5.74, 6) is 1.89. The molecule has 0 N–H and O–H groups in total. The number of sulfonamides is 1. The summed E-state index contributed by atoms with van der Waals surface area (Å²) < 4.78 is 38.7. The lowest BCUT2D eigenvalue weighted by Gasteiger charge is -2.41. The zero-order valence-corrected chi connectivity index (χ0v) is 16.2. The van der Waals surface area contributed by atoms with Crippen molar-refractivity contribution >= 4 is 10.0 Å². The molecule has 2 saturated heterocycles. The summed E-state index contributed by atoms with van der Waals surface area (Å²) >= 11 is 0. The van der Waals surface area contributed by atoms with Gasteiger partial charge in [0.15, 0.2) is 11.5 Å². The molecule has 0 spiro atoms. The Morgan fingerprint density at radius 3 is 2.46 bits per heavy atom. The number of hydrogen-bond donors (Lipinski definition) is 0. The quantitative estimate of drug-likeness (QED) is 0.806. The molecule has 0 radical (unpaired) electrons. The Balaban J connectivity index is 1.43. The highest BCUT2D eigenvalue weighted by molar-refractivity contribution is 7.89. The normalized spacial score (nSPS) is 26.0. The predicted octanol–water partition coefficient (Wildman–Crippen LogP) is 2.34. The second kappa shape index (κ2) is 7.37. The lowest BCUT2D eigenvalue weighted by Crippen LogP contribution is -2.49. The Morgan fingerprint density at radius 1 is 1.00 bits per heavy atom. The summed E-state index contributed by atoms with van der Waals surface area (Å²) in [5, 5.41) is 0. The van der Waals surface area contributed by atoms with Crippen LogP contribution in [0.4, 0.5) is 0 Å². The van der Waals surface area contributed by atoms with Gasteiger partial charge in [-0.3, -0.25) is 0 Å². The van der Waals surface area contributed by atoms with Crippen LogP contribution in [0, 0.1) is 5.92 Å². The van der Waals surface area contributed by atoms with Crippen molar-refractivity contribution in [2.45, 2.75) is 43.5 Å². The minimum absolute atomic E-state index is 0.298. The lowest BCUT2D eigenvalue weighted by atomic mass is 9.96. The van der Waals surface area contributed by atoms with Gasteiger partial charge in [-0.2, -0.15) is 4.31 Å². The monoisotopic (exact) mass is 380 g/mol. The van der Waals surface area contributed by atoms with Crippen LogP contribution in [0.2, 0.25) is 0 Å². The van der Waals surface area contributed by atoms with E-state index in [2.05, 4.69) is 11.8 Å². The molecule has 3 aliphatic heterocycles. The van der Waals surface area contributed by atoms with Gasteiger partial charge in [-0.1, -0.05) is 6.92 Å². The van der Waals surface area contributed by atoms with Gasteiger partial charge >= 0.3 is 0 Å². The molecule has 1 aromatic carbocycles. The zero-order valence-electron chi connectivity index (χ0n) is 15.4. The van der Waals surface area contributed by atoms with Crippen LogP contribution in [0.3, 0.4) is 0 Å². The van der Waals surface area contributed by atoms with E-state index >= 15 is 0 Å². The molecule has 0 unspecified atom stereocenters. The number of nitrogens with zero attached hydrogens (tertiary/aromatic N) is 2. The standard InChI is InChI=1S/C19H28N2O4S/c1-15-3-2-8-20(14-15)16-6-9-21(10-7-16)26(22,23)17-4-5-18-19(13-17)25-12-11-24-18/h4-5,13,15-16H,2-3,6-12,14H2,1H3/t15-/m1/s1. The third-order valence-corrected chi connectivity index (χ3v) is 7.67. The summed E-state index contributed by atoms with van der Waals surface area (Å²) in [6.45, 7) is 6.76. The van der Waals surface area contributed by atoms with Crippen molar-refractivity contribution in [1.29, 1.82) is 0 Å². The smallest absolute Gasteiger partial charge is 0.243 e. The number of likely N-dealkylation sites (tertiary alicyclic amines) is 1. The molecule has 7 heteroatoms. The van der Waals surface area contributed by atoms with Gasteiger partial charge in [-0.15, -0.1) is 0 Å². The van der Waals surface area contributed by atoms with E-state index in [1.54, 1.807) is 22.5 Å². The van der Waals surface area contributed by atoms with Crippen molar-refractivity contribution < 1.29 is 17.9 Å². The number of benzene rings is 1. The van der Waals surface area contributed by atoms with Crippen LogP contribution < -0.4 is 9.47 Å². The fourth-order valence-corrected chi connectivity index (χ4v) is 5.82. The molecule has 0 bridgehead atoms. The molecule has 0 amide bonds. The highest BCUT2D eigenvalue weighted by atomic mass is 32.2. The Bertz CT molecular complexity index is 744. The van der Waals surface area contributed by atoms with Gasteiger partial charge in [0.25, 0.3) is 0 Å². The maximum Gasteiger partial charge on any atom is 0.243 e. The minimum atomic E-state index is -3.48. The third-order valence-electron chi connectivity index (χ3n) is 5.78. The SMILES string of the molecule is C[C@@H]1CCCN(C2CCN(S(=O)(=O)c3ccc4c(c3)OCCO4)CC2)C1. The van der Waals surface area contributed by atoms with Crippen molar-refractivity contribution in [3.63, 3.8) is 0 Å². The molecule has 3 aliphatic rings. The molecule has 0 saturated carbocycles.